The first kappa shape index (κ1) is 19.9. The summed E-state index contributed by atoms with van der Waals surface area (Å²) in [6.07, 6.45) is 0.150. The molecule has 0 aliphatic carbocycles. The smallest absolute Gasteiger partial charge is 0.421 e. The molecule has 1 amide bonds. The highest BCUT2D eigenvalue weighted by Gasteiger charge is 2.29. The van der Waals surface area contributed by atoms with Crippen molar-refractivity contribution < 1.29 is 18.3 Å². The van der Waals surface area contributed by atoms with Crippen molar-refractivity contribution in [3.05, 3.63) is 58.7 Å². The third kappa shape index (κ3) is 4.04. The lowest BCUT2D eigenvalue weighted by Gasteiger charge is -2.27. The lowest BCUT2D eigenvalue weighted by atomic mass is 10.2. The maximum absolute atomic E-state index is 13.8. The summed E-state index contributed by atoms with van der Waals surface area (Å²) in [5, 5.41) is 0.529. The van der Waals surface area contributed by atoms with Gasteiger partial charge in [0, 0.05) is 17.0 Å². The number of amides is 1. The van der Waals surface area contributed by atoms with Crippen LogP contribution in [0.3, 0.4) is 0 Å². The quantitative estimate of drug-likeness (QED) is 0.529. The number of carbonyl (C=O) groups is 1. The van der Waals surface area contributed by atoms with Crippen molar-refractivity contribution in [2.75, 3.05) is 4.90 Å². The van der Waals surface area contributed by atoms with E-state index in [1.165, 1.54) is 19.1 Å². The molecule has 0 N–H and O–H groups in total. The molecule has 0 saturated heterocycles. The highest BCUT2D eigenvalue weighted by Crippen LogP contribution is 2.33. The standard InChI is InChI=1S/C20H18ClF2N3O2/c1-11-17(21)14(23)10-24-18(11)26(19(27)28-20(2,3)4)16-8-6-12-5-7-13(22)9-15(12)25-16/h5-10H,1-4H3. The van der Waals surface area contributed by atoms with Crippen LogP contribution in [0, 0.1) is 18.6 Å². The Labute approximate surface area is 165 Å². The van der Waals surface area contributed by atoms with Gasteiger partial charge in [0.05, 0.1) is 16.7 Å². The second kappa shape index (κ2) is 7.31. The van der Waals surface area contributed by atoms with Crippen molar-refractivity contribution in [1.82, 2.24) is 9.97 Å². The molecule has 146 valence electrons. The van der Waals surface area contributed by atoms with Crippen LogP contribution in [-0.4, -0.2) is 21.7 Å². The summed E-state index contributed by atoms with van der Waals surface area (Å²) in [6.45, 7) is 6.67. The number of anilines is 2. The lowest BCUT2D eigenvalue weighted by molar-refractivity contribution is 0.0597. The van der Waals surface area contributed by atoms with E-state index in [1.54, 1.807) is 39.0 Å². The number of hydrogen-bond donors (Lipinski definition) is 0. The Morgan fingerprint density at radius 1 is 1.18 bits per heavy atom. The van der Waals surface area contributed by atoms with Crippen LogP contribution in [0.4, 0.5) is 25.2 Å². The Bertz CT molecular complexity index is 1070. The first-order chi connectivity index (χ1) is 13.1. The molecular weight excluding hydrogens is 388 g/mol. The molecule has 3 aromatic rings. The normalized spacial score (nSPS) is 11.5. The number of aromatic nitrogens is 2. The Kier molecular flexibility index (Phi) is 5.21. The number of pyridine rings is 2. The summed E-state index contributed by atoms with van der Waals surface area (Å²) in [6, 6.07) is 7.42. The Hall–Kier alpha value is -2.80. The van der Waals surface area contributed by atoms with Crippen LogP contribution in [0.1, 0.15) is 26.3 Å². The van der Waals surface area contributed by atoms with Crippen molar-refractivity contribution >= 4 is 40.2 Å². The molecule has 0 radical (unpaired) electrons. The maximum atomic E-state index is 13.8. The average molecular weight is 406 g/mol. The largest absolute Gasteiger partial charge is 0.443 e. The molecular formula is C20H18ClF2N3O2. The zero-order valence-corrected chi connectivity index (χ0v) is 16.5. The summed E-state index contributed by atoms with van der Waals surface area (Å²) in [5.41, 5.74) is -0.207. The minimum atomic E-state index is -0.796. The number of ether oxygens (including phenoxy) is 1. The Balaban J connectivity index is 2.19. The van der Waals surface area contributed by atoms with Crippen LogP contribution in [0.5, 0.6) is 0 Å². The lowest BCUT2D eigenvalue weighted by Crippen LogP contribution is -2.35. The van der Waals surface area contributed by atoms with Gasteiger partial charge in [-0.25, -0.2) is 28.4 Å². The van der Waals surface area contributed by atoms with Gasteiger partial charge in [0.15, 0.2) is 5.82 Å². The summed E-state index contributed by atoms with van der Waals surface area (Å²) in [7, 11) is 0. The second-order valence-electron chi connectivity index (χ2n) is 7.19. The van der Waals surface area contributed by atoms with E-state index in [1.807, 2.05) is 0 Å². The van der Waals surface area contributed by atoms with Crippen molar-refractivity contribution in [3.63, 3.8) is 0 Å². The molecule has 0 atom stereocenters. The molecule has 2 aromatic heterocycles. The summed E-state index contributed by atoms with van der Waals surface area (Å²) in [5.74, 6) is -0.949. The fraction of sp³-hybridized carbons (Fsp3) is 0.250. The van der Waals surface area contributed by atoms with Crippen LogP contribution < -0.4 is 4.90 Å². The van der Waals surface area contributed by atoms with E-state index in [0.717, 1.165) is 11.1 Å². The summed E-state index contributed by atoms with van der Waals surface area (Å²) < 4.78 is 32.8. The predicted octanol–water partition coefficient (Wildman–Crippen LogP) is 5.94. The fourth-order valence-corrected chi connectivity index (χ4v) is 2.71. The SMILES string of the molecule is Cc1c(N(C(=O)OC(C)(C)C)c2ccc3ccc(F)cc3n2)ncc(F)c1Cl. The van der Waals surface area contributed by atoms with Crippen LogP contribution >= 0.6 is 11.6 Å². The van der Waals surface area contributed by atoms with Crippen molar-refractivity contribution in [1.29, 1.82) is 0 Å². The van der Waals surface area contributed by atoms with Gasteiger partial charge in [-0.1, -0.05) is 11.6 Å². The highest BCUT2D eigenvalue weighted by molar-refractivity contribution is 6.31. The molecule has 0 bridgehead atoms. The fourth-order valence-electron chi connectivity index (χ4n) is 2.57. The number of rotatable bonds is 2. The Morgan fingerprint density at radius 3 is 2.54 bits per heavy atom. The maximum Gasteiger partial charge on any atom is 0.421 e. The number of nitrogens with zero attached hydrogens (tertiary/aromatic N) is 3. The molecule has 0 aliphatic heterocycles. The molecule has 0 aliphatic rings. The van der Waals surface area contributed by atoms with E-state index in [2.05, 4.69) is 9.97 Å². The van der Waals surface area contributed by atoms with E-state index in [9.17, 15) is 13.6 Å². The molecule has 8 heteroatoms. The number of carbonyl (C=O) groups excluding carboxylic acids is 1. The average Bonchev–Trinajstić information content (AvgIpc) is 2.60. The number of benzene rings is 1. The molecule has 3 rings (SSSR count). The molecule has 2 heterocycles. The number of halogens is 3. The molecule has 28 heavy (non-hydrogen) atoms. The van der Waals surface area contributed by atoms with Gasteiger partial charge in [0.25, 0.3) is 0 Å². The van der Waals surface area contributed by atoms with E-state index in [-0.39, 0.29) is 22.2 Å². The van der Waals surface area contributed by atoms with Crippen LogP contribution in [0.25, 0.3) is 10.9 Å². The minimum absolute atomic E-state index is 0.0731. The van der Waals surface area contributed by atoms with Crippen LogP contribution in [0.2, 0.25) is 5.02 Å². The van der Waals surface area contributed by atoms with Crippen molar-refractivity contribution in [2.24, 2.45) is 0 Å². The van der Waals surface area contributed by atoms with Crippen LogP contribution in [-0.2, 0) is 4.74 Å². The first-order valence-electron chi connectivity index (χ1n) is 8.47. The summed E-state index contributed by atoms with van der Waals surface area (Å²) >= 11 is 6.00. The van der Waals surface area contributed by atoms with Gasteiger partial charge in [0.1, 0.15) is 23.1 Å². The van der Waals surface area contributed by atoms with Crippen molar-refractivity contribution in [3.8, 4) is 0 Å². The predicted molar refractivity (Wildman–Crippen MR) is 104 cm³/mol. The van der Waals surface area contributed by atoms with Gasteiger partial charge >= 0.3 is 6.09 Å². The van der Waals surface area contributed by atoms with Gasteiger partial charge in [-0.2, -0.15) is 0 Å². The third-order valence-corrected chi connectivity index (χ3v) is 4.29. The van der Waals surface area contributed by atoms with Gasteiger partial charge in [-0.05, 0) is 52.0 Å². The van der Waals surface area contributed by atoms with Gasteiger partial charge in [-0.3, -0.25) is 0 Å². The molecule has 0 spiro atoms. The summed E-state index contributed by atoms with van der Waals surface area (Å²) in [4.78, 5) is 22.4. The third-order valence-electron chi connectivity index (χ3n) is 3.83. The monoisotopic (exact) mass is 405 g/mol. The molecule has 0 unspecified atom stereocenters. The van der Waals surface area contributed by atoms with Gasteiger partial charge < -0.3 is 4.74 Å². The minimum Gasteiger partial charge on any atom is -0.443 e. The van der Waals surface area contributed by atoms with Gasteiger partial charge in [-0.15, -0.1) is 0 Å². The Morgan fingerprint density at radius 2 is 1.86 bits per heavy atom. The topological polar surface area (TPSA) is 55.3 Å². The van der Waals surface area contributed by atoms with E-state index in [4.69, 9.17) is 16.3 Å². The number of hydrogen-bond acceptors (Lipinski definition) is 4. The highest BCUT2D eigenvalue weighted by atomic mass is 35.5. The molecule has 1 aromatic carbocycles. The molecule has 0 saturated carbocycles. The zero-order valence-electron chi connectivity index (χ0n) is 15.8. The van der Waals surface area contributed by atoms with E-state index >= 15 is 0 Å². The number of fused-ring (bicyclic) bond motifs is 1. The second-order valence-corrected chi connectivity index (χ2v) is 7.57. The van der Waals surface area contributed by atoms with Crippen LogP contribution in [0.15, 0.2) is 36.5 Å². The van der Waals surface area contributed by atoms with E-state index < -0.39 is 23.3 Å². The van der Waals surface area contributed by atoms with E-state index in [0.29, 0.717) is 10.9 Å². The molecule has 5 nitrogen and oxygen atoms in total. The first-order valence-corrected chi connectivity index (χ1v) is 8.84. The zero-order chi connectivity index (χ0) is 20.6. The molecule has 0 fully saturated rings. The van der Waals surface area contributed by atoms with Crippen molar-refractivity contribution in [2.45, 2.75) is 33.3 Å². The van der Waals surface area contributed by atoms with Gasteiger partial charge in [0.2, 0.25) is 0 Å².